The van der Waals surface area contributed by atoms with Gasteiger partial charge in [-0.25, -0.2) is 0 Å². The normalized spacial score (nSPS) is 10.6. The Morgan fingerprint density at radius 1 is 1.42 bits per heavy atom. The molecule has 0 saturated heterocycles. The number of nitrogens with zero attached hydrogens (tertiary/aromatic N) is 1. The van der Waals surface area contributed by atoms with Crippen LogP contribution >= 0.6 is 11.8 Å². The lowest BCUT2D eigenvalue weighted by molar-refractivity contribution is -0.133. The van der Waals surface area contributed by atoms with Crippen LogP contribution in [-0.4, -0.2) is 47.1 Å². The Hall–Kier alpha value is -0.220. The van der Waals surface area contributed by atoms with E-state index in [4.69, 9.17) is 5.11 Å². The molecule has 0 rings (SSSR count). The summed E-state index contributed by atoms with van der Waals surface area (Å²) in [6.07, 6.45) is 0. The Bertz CT molecular complexity index is 126. The molecular formula is C8H17NO2S. The number of carboxylic acid groups (broad SMARTS) is 1. The molecule has 0 unspecified atom stereocenters. The molecule has 0 radical (unpaired) electrons. The predicted molar refractivity (Wildman–Crippen MR) is 52.7 cm³/mol. The molecule has 72 valence electrons. The molecule has 0 aromatic carbocycles. The predicted octanol–water partition coefficient (Wildman–Crippen LogP) is 1.15. The first-order valence-corrected chi connectivity index (χ1v) is 5.38. The second-order valence-electron chi connectivity index (χ2n) is 2.47. The maximum atomic E-state index is 10.1. The van der Waals surface area contributed by atoms with Crippen LogP contribution in [0.3, 0.4) is 0 Å². The smallest absolute Gasteiger partial charge is 0.313 e. The van der Waals surface area contributed by atoms with Crippen LogP contribution in [0.5, 0.6) is 0 Å². The van der Waals surface area contributed by atoms with Crippen molar-refractivity contribution in [3.63, 3.8) is 0 Å². The van der Waals surface area contributed by atoms with Crippen LogP contribution in [0.4, 0.5) is 0 Å². The molecule has 0 spiro atoms. The SMILES string of the molecule is CCN(CC)CCSCC(=O)O. The fraction of sp³-hybridized carbons (Fsp3) is 0.875. The average Bonchev–Trinajstić information content (AvgIpc) is 2.04. The maximum Gasteiger partial charge on any atom is 0.313 e. The zero-order chi connectivity index (χ0) is 9.40. The van der Waals surface area contributed by atoms with Crippen molar-refractivity contribution in [3.8, 4) is 0 Å². The van der Waals surface area contributed by atoms with Crippen LogP contribution in [0.2, 0.25) is 0 Å². The fourth-order valence-electron chi connectivity index (χ4n) is 0.893. The highest BCUT2D eigenvalue weighted by Gasteiger charge is 2.00. The van der Waals surface area contributed by atoms with Crippen molar-refractivity contribution in [3.05, 3.63) is 0 Å². The summed E-state index contributed by atoms with van der Waals surface area (Å²) in [5.74, 6) is 0.412. The van der Waals surface area contributed by atoms with Crippen molar-refractivity contribution in [1.29, 1.82) is 0 Å². The van der Waals surface area contributed by atoms with E-state index in [-0.39, 0.29) is 5.75 Å². The zero-order valence-electron chi connectivity index (χ0n) is 7.75. The monoisotopic (exact) mass is 191 g/mol. The van der Waals surface area contributed by atoms with Gasteiger partial charge in [-0.2, -0.15) is 0 Å². The van der Waals surface area contributed by atoms with Crippen LogP contribution in [0.1, 0.15) is 13.8 Å². The minimum Gasteiger partial charge on any atom is -0.481 e. The number of hydrogen-bond acceptors (Lipinski definition) is 3. The van der Waals surface area contributed by atoms with E-state index in [1.807, 2.05) is 0 Å². The molecule has 0 aromatic rings. The van der Waals surface area contributed by atoms with Gasteiger partial charge in [0.2, 0.25) is 0 Å². The fourth-order valence-corrected chi connectivity index (χ4v) is 1.60. The second kappa shape index (κ2) is 7.43. The average molecular weight is 191 g/mol. The second-order valence-corrected chi connectivity index (χ2v) is 3.58. The Labute approximate surface area is 78.1 Å². The Morgan fingerprint density at radius 3 is 2.42 bits per heavy atom. The van der Waals surface area contributed by atoms with E-state index in [1.54, 1.807) is 0 Å². The van der Waals surface area contributed by atoms with Crippen LogP contribution < -0.4 is 0 Å². The van der Waals surface area contributed by atoms with Gasteiger partial charge in [0.15, 0.2) is 0 Å². The van der Waals surface area contributed by atoms with Gasteiger partial charge in [0, 0.05) is 12.3 Å². The Kier molecular flexibility index (Phi) is 7.29. The summed E-state index contributed by atoms with van der Waals surface area (Å²) in [6, 6.07) is 0. The van der Waals surface area contributed by atoms with Gasteiger partial charge in [-0.05, 0) is 13.1 Å². The summed E-state index contributed by atoms with van der Waals surface area (Å²) >= 11 is 1.48. The van der Waals surface area contributed by atoms with Gasteiger partial charge < -0.3 is 10.0 Å². The first-order chi connectivity index (χ1) is 5.70. The highest BCUT2D eigenvalue weighted by atomic mass is 32.2. The van der Waals surface area contributed by atoms with Gasteiger partial charge in [-0.15, -0.1) is 11.8 Å². The van der Waals surface area contributed by atoms with Gasteiger partial charge in [0.05, 0.1) is 5.75 Å². The minimum absolute atomic E-state index is 0.223. The Balaban J connectivity index is 3.23. The quantitative estimate of drug-likeness (QED) is 0.613. The van der Waals surface area contributed by atoms with E-state index in [0.717, 1.165) is 25.4 Å². The van der Waals surface area contributed by atoms with Crippen molar-refractivity contribution in [2.45, 2.75) is 13.8 Å². The first kappa shape index (κ1) is 11.8. The van der Waals surface area contributed by atoms with Crippen molar-refractivity contribution in [2.24, 2.45) is 0 Å². The molecule has 3 nitrogen and oxygen atoms in total. The first-order valence-electron chi connectivity index (χ1n) is 4.22. The molecule has 4 heteroatoms. The standard InChI is InChI=1S/C8H17NO2S/c1-3-9(4-2)5-6-12-7-8(10)11/h3-7H2,1-2H3,(H,10,11). The third kappa shape index (κ3) is 6.49. The van der Waals surface area contributed by atoms with Crippen molar-refractivity contribution < 1.29 is 9.90 Å². The lowest BCUT2D eigenvalue weighted by Crippen LogP contribution is -2.25. The lowest BCUT2D eigenvalue weighted by Gasteiger charge is -2.16. The van der Waals surface area contributed by atoms with Crippen LogP contribution in [0.15, 0.2) is 0 Å². The molecule has 1 N–H and O–H groups in total. The maximum absolute atomic E-state index is 10.1. The van der Waals surface area contributed by atoms with E-state index in [2.05, 4.69) is 18.7 Å². The summed E-state index contributed by atoms with van der Waals surface area (Å²) in [5.41, 5.74) is 0. The number of carboxylic acids is 1. The molecule has 0 heterocycles. The summed E-state index contributed by atoms with van der Waals surface area (Å²) in [7, 11) is 0. The third-order valence-electron chi connectivity index (χ3n) is 1.67. The van der Waals surface area contributed by atoms with Gasteiger partial charge >= 0.3 is 5.97 Å². The molecule has 0 amide bonds. The molecule has 0 aromatic heterocycles. The summed E-state index contributed by atoms with van der Waals surface area (Å²) < 4.78 is 0. The van der Waals surface area contributed by atoms with Gasteiger partial charge in [-0.1, -0.05) is 13.8 Å². The highest BCUT2D eigenvalue weighted by Crippen LogP contribution is 2.00. The molecule has 0 fully saturated rings. The van der Waals surface area contributed by atoms with E-state index in [1.165, 1.54) is 11.8 Å². The van der Waals surface area contributed by atoms with Crippen LogP contribution in [0.25, 0.3) is 0 Å². The van der Waals surface area contributed by atoms with Gasteiger partial charge in [-0.3, -0.25) is 4.79 Å². The van der Waals surface area contributed by atoms with Crippen LogP contribution in [0, 0.1) is 0 Å². The van der Waals surface area contributed by atoms with Crippen molar-refractivity contribution >= 4 is 17.7 Å². The van der Waals surface area contributed by atoms with Crippen molar-refractivity contribution in [2.75, 3.05) is 31.1 Å². The molecule has 0 bridgehead atoms. The Morgan fingerprint density at radius 2 is 2.00 bits per heavy atom. The highest BCUT2D eigenvalue weighted by molar-refractivity contribution is 7.99. The minimum atomic E-state index is -0.723. The number of hydrogen-bond donors (Lipinski definition) is 1. The molecule has 0 aliphatic heterocycles. The topological polar surface area (TPSA) is 40.5 Å². The number of carbonyl (C=O) groups is 1. The van der Waals surface area contributed by atoms with E-state index in [9.17, 15) is 4.79 Å². The summed E-state index contributed by atoms with van der Waals surface area (Å²) in [5, 5.41) is 8.36. The van der Waals surface area contributed by atoms with Crippen molar-refractivity contribution in [1.82, 2.24) is 4.90 Å². The molecule has 0 atom stereocenters. The van der Waals surface area contributed by atoms with Gasteiger partial charge in [0.25, 0.3) is 0 Å². The molecule has 0 aliphatic rings. The number of rotatable bonds is 7. The van der Waals surface area contributed by atoms with Gasteiger partial charge in [0.1, 0.15) is 0 Å². The zero-order valence-corrected chi connectivity index (χ0v) is 8.56. The lowest BCUT2D eigenvalue weighted by atomic mass is 10.5. The summed E-state index contributed by atoms with van der Waals surface area (Å²) in [6.45, 7) is 7.32. The number of thioether (sulfide) groups is 1. The molecule has 0 aliphatic carbocycles. The van der Waals surface area contributed by atoms with Crippen LogP contribution in [-0.2, 0) is 4.79 Å². The van der Waals surface area contributed by atoms with E-state index in [0.29, 0.717) is 0 Å². The number of aliphatic carboxylic acids is 1. The largest absolute Gasteiger partial charge is 0.481 e. The summed E-state index contributed by atoms with van der Waals surface area (Å²) in [4.78, 5) is 12.4. The van der Waals surface area contributed by atoms with E-state index < -0.39 is 5.97 Å². The van der Waals surface area contributed by atoms with E-state index >= 15 is 0 Å². The molecule has 0 saturated carbocycles. The third-order valence-corrected chi connectivity index (χ3v) is 2.59. The molecular weight excluding hydrogens is 174 g/mol. The molecule has 12 heavy (non-hydrogen) atoms.